The lowest BCUT2D eigenvalue weighted by molar-refractivity contribution is -0.138. The summed E-state index contributed by atoms with van der Waals surface area (Å²) < 4.78 is 5.34. The maximum absolute atomic E-state index is 11.5. The quantitative estimate of drug-likeness (QED) is 0.529. The monoisotopic (exact) mass is 178 g/mol. The molecule has 4 unspecified atom stereocenters. The predicted molar refractivity (Wildman–Crippen MR) is 48.0 cm³/mol. The summed E-state index contributed by atoms with van der Waals surface area (Å²) in [6.07, 6.45) is 5.96. The van der Waals surface area contributed by atoms with Gasteiger partial charge in [-0.15, -0.1) is 0 Å². The van der Waals surface area contributed by atoms with Gasteiger partial charge in [-0.25, -0.2) is 4.79 Å². The van der Waals surface area contributed by atoms with E-state index in [1.807, 2.05) is 0 Å². The molecular formula is C11H14O2. The molecule has 2 nitrogen and oxygen atoms in total. The highest BCUT2D eigenvalue weighted by molar-refractivity contribution is 5.92. The van der Waals surface area contributed by atoms with Crippen LogP contribution in [0, 0.1) is 17.8 Å². The molecule has 0 spiro atoms. The first kappa shape index (κ1) is 7.60. The zero-order valence-electron chi connectivity index (χ0n) is 7.82. The molecule has 13 heavy (non-hydrogen) atoms. The second kappa shape index (κ2) is 2.37. The highest BCUT2D eigenvalue weighted by Crippen LogP contribution is 2.49. The van der Waals surface area contributed by atoms with Crippen molar-refractivity contribution in [3.63, 3.8) is 0 Å². The molecule has 0 aromatic carbocycles. The van der Waals surface area contributed by atoms with Crippen LogP contribution in [0.3, 0.4) is 0 Å². The van der Waals surface area contributed by atoms with Gasteiger partial charge in [-0.1, -0.05) is 13.0 Å². The van der Waals surface area contributed by atoms with Gasteiger partial charge in [0.1, 0.15) is 6.10 Å². The molecule has 0 bridgehead atoms. The van der Waals surface area contributed by atoms with E-state index in [0.29, 0.717) is 11.8 Å². The van der Waals surface area contributed by atoms with E-state index in [-0.39, 0.29) is 12.1 Å². The molecule has 0 amide bonds. The van der Waals surface area contributed by atoms with Crippen molar-refractivity contribution in [3.8, 4) is 0 Å². The molecule has 3 rings (SSSR count). The van der Waals surface area contributed by atoms with Crippen molar-refractivity contribution >= 4 is 5.97 Å². The van der Waals surface area contributed by atoms with Gasteiger partial charge in [0, 0.05) is 11.5 Å². The normalized spacial score (nSPS) is 47.2. The summed E-state index contributed by atoms with van der Waals surface area (Å²) in [7, 11) is 0. The average molecular weight is 178 g/mol. The van der Waals surface area contributed by atoms with Crippen molar-refractivity contribution in [2.45, 2.75) is 32.3 Å². The van der Waals surface area contributed by atoms with Crippen LogP contribution in [0.5, 0.6) is 0 Å². The number of carbonyl (C=O) groups excluding carboxylic acids is 1. The minimum Gasteiger partial charge on any atom is -0.458 e. The summed E-state index contributed by atoms with van der Waals surface area (Å²) in [4.78, 5) is 11.5. The molecule has 1 saturated heterocycles. The molecule has 2 fully saturated rings. The Morgan fingerprint density at radius 1 is 1.46 bits per heavy atom. The zero-order valence-corrected chi connectivity index (χ0v) is 7.82. The number of ether oxygens (including phenoxy) is 1. The van der Waals surface area contributed by atoms with Crippen LogP contribution < -0.4 is 0 Å². The molecule has 1 aliphatic heterocycles. The van der Waals surface area contributed by atoms with Crippen LogP contribution in [0.1, 0.15) is 26.2 Å². The van der Waals surface area contributed by atoms with Crippen LogP contribution in [-0.2, 0) is 9.53 Å². The Morgan fingerprint density at radius 3 is 3.15 bits per heavy atom. The van der Waals surface area contributed by atoms with E-state index in [1.54, 1.807) is 0 Å². The van der Waals surface area contributed by atoms with E-state index in [4.69, 9.17) is 4.74 Å². The number of esters is 1. The van der Waals surface area contributed by atoms with E-state index < -0.39 is 0 Å². The molecule has 1 saturated carbocycles. The molecule has 0 aromatic rings. The molecule has 0 aromatic heterocycles. The van der Waals surface area contributed by atoms with Crippen LogP contribution in [0.25, 0.3) is 0 Å². The molecule has 3 aliphatic rings. The first-order chi connectivity index (χ1) is 6.25. The molecule has 1 heterocycles. The zero-order chi connectivity index (χ0) is 9.00. The predicted octanol–water partition coefficient (Wildman–Crippen LogP) is 1.90. The fourth-order valence-corrected chi connectivity index (χ4v) is 3.26. The van der Waals surface area contributed by atoms with E-state index in [1.165, 1.54) is 12.8 Å². The molecule has 2 aliphatic carbocycles. The van der Waals surface area contributed by atoms with Gasteiger partial charge in [-0.05, 0) is 31.1 Å². The second-order valence-electron chi connectivity index (χ2n) is 4.64. The van der Waals surface area contributed by atoms with Crippen molar-refractivity contribution in [2.75, 3.05) is 0 Å². The van der Waals surface area contributed by atoms with E-state index in [2.05, 4.69) is 13.0 Å². The third-order valence-corrected chi connectivity index (χ3v) is 3.72. The van der Waals surface area contributed by atoms with Crippen LogP contribution >= 0.6 is 0 Å². The highest BCUT2D eigenvalue weighted by atomic mass is 16.6. The maximum atomic E-state index is 11.5. The number of carbonyl (C=O) groups is 1. The van der Waals surface area contributed by atoms with Gasteiger partial charge in [0.2, 0.25) is 0 Å². The molecule has 2 heteroatoms. The summed E-state index contributed by atoms with van der Waals surface area (Å²) in [5.41, 5.74) is 0.992. The summed E-state index contributed by atoms with van der Waals surface area (Å²) in [6, 6.07) is 0. The van der Waals surface area contributed by atoms with Gasteiger partial charge in [0.25, 0.3) is 0 Å². The van der Waals surface area contributed by atoms with Crippen LogP contribution in [0.15, 0.2) is 11.6 Å². The fraction of sp³-hybridized carbons (Fsp3) is 0.727. The molecular weight excluding hydrogens is 164 g/mol. The fourth-order valence-electron chi connectivity index (χ4n) is 3.26. The smallest absolute Gasteiger partial charge is 0.334 e. The number of allylic oxidation sites excluding steroid dienone is 1. The highest BCUT2D eigenvalue weighted by Gasteiger charge is 2.50. The van der Waals surface area contributed by atoms with Crippen molar-refractivity contribution in [3.05, 3.63) is 11.6 Å². The Labute approximate surface area is 78.0 Å². The van der Waals surface area contributed by atoms with Crippen LogP contribution in [0.2, 0.25) is 0 Å². The number of rotatable bonds is 0. The van der Waals surface area contributed by atoms with Crippen molar-refractivity contribution < 1.29 is 9.53 Å². The summed E-state index contributed by atoms with van der Waals surface area (Å²) >= 11 is 0. The third-order valence-electron chi connectivity index (χ3n) is 3.72. The Hall–Kier alpha value is -0.790. The van der Waals surface area contributed by atoms with Gasteiger partial charge < -0.3 is 4.74 Å². The Bertz CT molecular complexity index is 292. The minimum atomic E-state index is -0.0359. The number of hydrogen-bond donors (Lipinski definition) is 0. The van der Waals surface area contributed by atoms with Gasteiger partial charge in [-0.3, -0.25) is 0 Å². The van der Waals surface area contributed by atoms with Crippen molar-refractivity contribution in [1.29, 1.82) is 0 Å². The lowest BCUT2D eigenvalue weighted by atomic mass is 9.77. The molecule has 4 atom stereocenters. The largest absolute Gasteiger partial charge is 0.458 e. The lowest BCUT2D eigenvalue weighted by Gasteiger charge is -2.25. The van der Waals surface area contributed by atoms with Crippen LogP contribution in [-0.4, -0.2) is 12.1 Å². The number of hydrogen-bond acceptors (Lipinski definition) is 2. The summed E-state index contributed by atoms with van der Waals surface area (Å²) in [6.45, 7) is 2.20. The van der Waals surface area contributed by atoms with Gasteiger partial charge in [-0.2, -0.15) is 0 Å². The topological polar surface area (TPSA) is 26.3 Å². The van der Waals surface area contributed by atoms with E-state index >= 15 is 0 Å². The third kappa shape index (κ3) is 0.917. The standard InChI is InChI=1S/C11H14O2/c1-6-4-7-2-3-9-10(7)8(5-6)11(12)13-9/h5-7,9-10H,2-4H2,1H3. The van der Waals surface area contributed by atoms with Crippen LogP contribution in [0.4, 0.5) is 0 Å². The van der Waals surface area contributed by atoms with Crippen molar-refractivity contribution in [1.82, 2.24) is 0 Å². The first-order valence-electron chi connectivity index (χ1n) is 5.18. The minimum absolute atomic E-state index is 0.0359. The molecule has 0 radical (unpaired) electrons. The summed E-state index contributed by atoms with van der Waals surface area (Å²) in [5, 5.41) is 0. The Balaban J connectivity index is 2.05. The Kier molecular flexibility index (Phi) is 1.38. The van der Waals surface area contributed by atoms with Gasteiger partial charge >= 0.3 is 5.97 Å². The average Bonchev–Trinajstić information content (AvgIpc) is 2.59. The molecule has 70 valence electrons. The Morgan fingerprint density at radius 2 is 2.31 bits per heavy atom. The maximum Gasteiger partial charge on any atom is 0.334 e. The van der Waals surface area contributed by atoms with Gasteiger partial charge in [0.05, 0.1) is 0 Å². The first-order valence-corrected chi connectivity index (χ1v) is 5.18. The second-order valence-corrected chi connectivity index (χ2v) is 4.64. The molecule has 0 N–H and O–H groups in total. The van der Waals surface area contributed by atoms with E-state index in [9.17, 15) is 4.79 Å². The van der Waals surface area contributed by atoms with Gasteiger partial charge in [0.15, 0.2) is 0 Å². The van der Waals surface area contributed by atoms with E-state index in [0.717, 1.165) is 17.9 Å². The summed E-state index contributed by atoms with van der Waals surface area (Å²) in [5.74, 6) is 1.72. The SMILES string of the molecule is CC1C=C2C(=O)OC3CCC(C1)C23. The lowest BCUT2D eigenvalue weighted by Crippen LogP contribution is -2.21. The van der Waals surface area contributed by atoms with Crippen molar-refractivity contribution in [2.24, 2.45) is 17.8 Å².